The van der Waals surface area contributed by atoms with Crippen molar-refractivity contribution in [2.45, 2.75) is 34.1 Å². The molecule has 0 atom stereocenters. The molecule has 0 bridgehead atoms. The van der Waals surface area contributed by atoms with E-state index in [0.29, 0.717) is 0 Å². The summed E-state index contributed by atoms with van der Waals surface area (Å²) in [6.07, 6.45) is 0.786. The van der Waals surface area contributed by atoms with Crippen molar-refractivity contribution in [2.75, 3.05) is 10.5 Å². The number of nitrogens with one attached hydrogen (secondary N) is 1. The molecule has 0 heterocycles. The largest absolute Gasteiger partial charge is 0.506 e. The van der Waals surface area contributed by atoms with E-state index in [9.17, 15) is 13.5 Å². The smallest absolute Gasteiger partial charge is 0.233 e. The summed E-state index contributed by atoms with van der Waals surface area (Å²) in [5.74, 6) is -0.0415. The second-order valence-electron chi connectivity index (χ2n) is 5.63. The molecule has 1 rings (SSSR count). The predicted octanol–water partition coefficient (Wildman–Crippen LogP) is 2.74. The maximum atomic E-state index is 11.9. The number of aryl methyl sites for hydroxylation is 1. The number of phenolic OH excluding ortho intramolecular Hbond substituents is 1. The van der Waals surface area contributed by atoms with Crippen molar-refractivity contribution in [2.24, 2.45) is 5.41 Å². The van der Waals surface area contributed by atoms with E-state index in [2.05, 4.69) is 4.72 Å². The molecule has 0 amide bonds. The molecule has 0 aromatic heterocycles. The van der Waals surface area contributed by atoms with Gasteiger partial charge in [-0.2, -0.15) is 0 Å². The molecule has 0 saturated carbocycles. The highest BCUT2D eigenvalue weighted by Crippen LogP contribution is 2.27. The number of rotatable bonds is 4. The molecular formula is C13H21NO3S. The molecule has 0 unspecified atom stereocenters. The molecule has 1 aromatic rings. The predicted molar refractivity (Wildman–Crippen MR) is 74.3 cm³/mol. The minimum absolute atomic E-state index is 0.00971. The minimum Gasteiger partial charge on any atom is -0.506 e. The van der Waals surface area contributed by atoms with Crippen LogP contribution in [0.5, 0.6) is 5.75 Å². The van der Waals surface area contributed by atoms with E-state index < -0.39 is 10.0 Å². The number of anilines is 1. The van der Waals surface area contributed by atoms with Gasteiger partial charge in [0.05, 0.1) is 11.4 Å². The van der Waals surface area contributed by atoms with Crippen molar-refractivity contribution in [3.05, 3.63) is 23.8 Å². The van der Waals surface area contributed by atoms with E-state index in [1.54, 1.807) is 12.1 Å². The van der Waals surface area contributed by atoms with Gasteiger partial charge >= 0.3 is 0 Å². The number of aromatic hydroxyl groups is 1. The second kappa shape index (κ2) is 5.18. The van der Waals surface area contributed by atoms with Crippen LogP contribution in [0, 0.1) is 5.41 Å². The van der Waals surface area contributed by atoms with E-state index in [-0.39, 0.29) is 22.6 Å². The van der Waals surface area contributed by atoms with Gasteiger partial charge in [0.25, 0.3) is 0 Å². The Morgan fingerprint density at radius 3 is 2.39 bits per heavy atom. The number of hydrogen-bond acceptors (Lipinski definition) is 3. The van der Waals surface area contributed by atoms with Crippen LogP contribution in [0.4, 0.5) is 5.69 Å². The summed E-state index contributed by atoms with van der Waals surface area (Å²) < 4.78 is 26.3. The molecule has 0 aliphatic rings. The minimum atomic E-state index is -3.45. The Morgan fingerprint density at radius 2 is 1.89 bits per heavy atom. The first-order chi connectivity index (χ1) is 8.13. The molecular weight excluding hydrogens is 250 g/mol. The van der Waals surface area contributed by atoms with Crippen LogP contribution >= 0.6 is 0 Å². The average Bonchev–Trinajstić information content (AvgIpc) is 2.17. The van der Waals surface area contributed by atoms with Crippen LogP contribution in [0.15, 0.2) is 18.2 Å². The fourth-order valence-electron chi connectivity index (χ4n) is 1.66. The molecule has 0 fully saturated rings. The van der Waals surface area contributed by atoms with Gasteiger partial charge in [-0.15, -0.1) is 0 Å². The highest BCUT2D eigenvalue weighted by Gasteiger charge is 2.22. The Balaban J connectivity index is 2.97. The van der Waals surface area contributed by atoms with Gasteiger partial charge in [0.15, 0.2) is 0 Å². The van der Waals surface area contributed by atoms with Crippen LogP contribution in [0.2, 0.25) is 0 Å². The zero-order valence-electron chi connectivity index (χ0n) is 11.3. The molecule has 0 spiro atoms. The van der Waals surface area contributed by atoms with Crippen molar-refractivity contribution in [1.82, 2.24) is 0 Å². The molecule has 0 saturated heterocycles. The highest BCUT2D eigenvalue weighted by atomic mass is 32.2. The molecule has 0 aliphatic heterocycles. The molecule has 1 aromatic carbocycles. The lowest BCUT2D eigenvalue weighted by Crippen LogP contribution is -2.26. The van der Waals surface area contributed by atoms with Crippen LogP contribution in [0.25, 0.3) is 0 Å². The number of benzene rings is 1. The van der Waals surface area contributed by atoms with Crippen LogP contribution in [-0.2, 0) is 16.4 Å². The standard InChI is InChI=1S/C13H21NO3S/c1-5-10-6-7-12(15)11(8-10)14-18(16,17)9-13(2,3)4/h6-8,14-15H,5,9H2,1-4H3. The third kappa shape index (κ3) is 4.56. The zero-order valence-corrected chi connectivity index (χ0v) is 12.1. The summed E-state index contributed by atoms with van der Waals surface area (Å²) >= 11 is 0. The lowest BCUT2D eigenvalue weighted by Gasteiger charge is -2.19. The van der Waals surface area contributed by atoms with Gasteiger partial charge in [-0.3, -0.25) is 4.72 Å². The third-order valence-corrected chi connectivity index (χ3v) is 4.13. The maximum absolute atomic E-state index is 11.9. The van der Waals surface area contributed by atoms with E-state index in [1.165, 1.54) is 6.07 Å². The van der Waals surface area contributed by atoms with Crippen LogP contribution in [0.3, 0.4) is 0 Å². The Kier molecular flexibility index (Phi) is 4.27. The van der Waals surface area contributed by atoms with Gasteiger partial charge in [0, 0.05) is 0 Å². The van der Waals surface area contributed by atoms with E-state index in [0.717, 1.165) is 12.0 Å². The van der Waals surface area contributed by atoms with Crippen LogP contribution in [-0.4, -0.2) is 19.3 Å². The molecule has 0 radical (unpaired) electrons. The van der Waals surface area contributed by atoms with Gasteiger partial charge in [-0.25, -0.2) is 8.42 Å². The van der Waals surface area contributed by atoms with Gasteiger partial charge in [0.1, 0.15) is 5.75 Å². The highest BCUT2D eigenvalue weighted by molar-refractivity contribution is 7.92. The van der Waals surface area contributed by atoms with E-state index in [4.69, 9.17) is 0 Å². The lowest BCUT2D eigenvalue weighted by molar-refractivity contribution is 0.462. The monoisotopic (exact) mass is 271 g/mol. The lowest BCUT2D eigenvalue weighted by atomic mass is 10.0. The fraction of sp³-hybridized carbons (Fsp3) is 0.538. The van der Waals surface area contributed by atoms with Crippen molar-refractivity contribution in [1.29, 1.82) is 0 Å². The first-order valence-electron chi connectivity index (χ1n) is 5.95. The maximum Gasteiger partial charge on any atom is 0.233 e. The summed E-state index contributed by atoms with van der Waals surface area (Å²) in [5, 5.41) is 9.67. The zero-order chi connectivity index (χ0) is 14.0. The van der Waals surface area contributed by atoms with Crippen molar-refractivity contribution in [3.63, 3.8) is 0 Å². The summed E-state index contributed by atoms with van der Waals surface area (Å²) in [7, 11) is -3.45. The van der Waals surface area contributed by atoms with Crippen LogP contribution in [0.1, 0.15) is 33.3 Å². The Labute approximate surface area is 109 Å². The number of phenols is 1. The Bertz CT molecular complexity index is 516. The van der Waals surface area contributed by atoms with Gasteiger partial charge < -0.3 is 5.11 Å². The van der Waals surface area contributed by atoms with Crippen molar-refractivity contribution in [3.8, 4) is 5.75 Å². The molecule has 18 heavy (non-hydrogen) atoms. The summed E-state index contributed by atoms with van der Waals surface area (Å²) in [4.78, 5) is 0. The fourth-order valence-corrected chi connectivity index (χ4v) is 3.37. The third-order valence-electron chi connectivity index (χ3n) is 2.36. The first kappa shape index (κ1) is 14.8. The summed E-state index contributed by atoms with van der Waals surface area (Å²) in [6, 6.07) is 4.94. The van der Waals surface area contributed by atoms with Gasteiger partial charge in [0.2, 0.25) is 10.0 Å². The topological polar surface area (TPSA) is 66.4 Å². The molecule has 102 valence electrons. The van der Waals surface area contributed by atoms with Crippen LogP contribution < -0.4 is 4.72 Å². The normalized spacial score (nSPS) is 12.4. The van der Waals surface area contributed by atoms with Gasteiger partial charge in [-0.05, 0) is 29.5 Å². The van der Waals surface area contributed by atoms with E-state index in [1.807, 2.05) is 27.7 Å². The second-order valence-corrected chi connectivity index (χ2v) is 7.35. The van der Waals surface area contributed by atoms with Crippen molar-refractivity contribution < 1.29 is 13.5 Å². The Morgan fingerprint density at radius 1 is 1.28 bits per heavy atom. The SMILES string of the molecule is CCc1ccc(O)c(NS(=O)(=O)CC(C)(C)C)c1. The van der Waals surface area contributed by atoms with Gasteiger partial charge in [-0.1, -0.05) is 33.8 Å². The summed E-state index contributed by atoms with van der Waals surface area (Å²) in [6.45, 7) is 7.54. The first-order valence-corrected chi connectivity index (χ1v) is 7.60. The average molecular weight is 271 g/mol. The Hall–Kier alpha value is -1.23. The molecule has 5 heteroatoms. The molecule has 4 nitrogen and oxygen atoms in total. The quantitative estimate of drug-likeness (QED) is 0.827. The summed E-state index contributed by atoms with van der Waals surface area (Å²) in [5.41, 5.74) is 0.893. The van der Waals surface area contributed by atoms with Crippen molar-refractivity contribution >= 4 is 15.7 Å². The molecule has 0 aliphatic carbocycles. The molecule has 2 N–H and O–H groups in total. The van der Waals surface area contributed by atoms with E-state index >= 15 is 0 Å². The number of hydrogen-bond donors (Lipinski definition) is 2. The number of sulfonamides is 1.